The number of aromatic nitrogens is 2. The molecule has 140 valence electrons. The van der Waals surface area contributed by atoms with Crippen LogP contribution < -0.4 is 10.6 Å². The fourth-order valence-electron chi connectivity index (χ4n) is 2.64. The van der Waals surface area contributed by atoms with Crippen molar-refractivity contribution >= 4 is 28.8 Å². The standard InChI is InChI=1S/C19H20N4O4/c1-11(2)8-15(18(24)25)23-19(26)21-13-5-6-16-14(9-13)22-17(27-16)12-4-3-7-20-10-12/h3-7,9-11,15H,8H2,1-2H3,(H,24,25)(H2,21,23,26). The van der Waals surface area contributed by atoms with Gasteiger partial charge in [0.1, 0.15) is 11.6 Å². The van der Waals surface area contributed by atoms with Crippen molar-refractivity contribution in [3.8, 4) is 11.5 Å². The normalized spacial score (nSPS) is 12.1. The van der Waals surface area contributed by atoms with E-state index in [0.717, 1.165) is 5.56 Å². The molecule has 0 aliphatic heterocycles. The van der Waals surface area contributed by atoms with Gasteiger partial charge in [0, 0.05) is 18.1 Å². The van der Waals surface area contributed by atoms with E-state index in [1.165, 1.54) is 0 Å². The Labute approximate surface area is 155 Å². The molecular formula is C19H20N4O4. The van der Waals surface area contributed by atoms with E-state index >= 15 is 0 Å². The number of urea groups is 1. The lowest BCUT2D eigenvalue weighted by atomic mass is 10.0. The predicted molar refractivity (Wildman–Crippen MR) is 100 cm³/mol. The summed E-state index contributed by atoms with van der Waals surface area (Å²) >= 11 is 0. The number of hydrogen-bond acceptors (Lipinski definition) is 5. The summed E-state index contributed by atoms with van der Waals surface area (Å²) in [4.78, 5) is 31.8. The fourth-order valence-corrected chi connectivity index (χ4v) is 2.64. The second-order valence-corrected chi connectivity index (χ2v) is 6.56. The highest BCUT2D eigenvalue weighted by Gasteiger charge is 2.21. The van der Waals surface area contributed by atoms with Crippen molar-refractivity contribution in [2.75, 3.05) is 5.32 Å². The van der Waals surface area contributed by atoms with Crippen LogP contribution in [-0.4, -0.2) is 33.1 Å². The number of carboxylic acid groups (broad SMARTS) is 1. The number of benzene rings is 1. The van der Waals surface area contributed by atoms with Gasteiger partial charge in [-0.2, -0.15) is 0 Å². The number of rotatable bonds is 6. The summed E-state index contributed by atoms with van der Waals surface area (Å²) in [6.45, 7) is 3.79. The number of nitrogens with zero attached hydrogens (tertiary/aromatic N) is 2. The van der Waals surface area contributed by atoms with Crippen molar-refractivity contribution in [3.05, 3.63) is 42.7 Å². The van der Waals surface area contributed by atoms with Gasteiger partial charge in [0.05, 0.1) is 5.56 Å². The Bertz CT molecular complexity index is 953. The first-order valence-corrected chi connectivity index (χ1v) is 8.53. The van der Waals surface area contributed by atoms with Crippen LogP contribution in [0.15, 0.2) is 47.1 Å². The lowest BCUT2D eigenvalue weighted by Crippen LogP contribution is -2.43. The quantitative estimate of drug-likeness (QED) is 0.613. The number of aliphatic carboxylic acids is 1. The van der Waals surface area contributed by atoms with Crippen molar-refractivity contribution in [3.63, 3.8) is 0 Å². The van der Waals surface area contributed by atoms with E-state index in [-0.39, 0.29) is 5.92 Å². The van der Waals surface area contributed by atoms with Gasteiger partial charge in [0.25, 0.3) is 0 Å². The van der Waals surface area contributed by atoms with Gasteiger partial charge in [0.2, 0.25) is 5.89 Å². The van der Waals surface area contributed by atoms with Crippen LogP contribution in [0.5, 0.6) is 0 Å². The maximum Gasteiger partial charge on any atom is 0.326 e. The third-order valence-corrected chi connectivity index (χ3v) is 3.86. The fraction of sp³-hybridized carbons (Fsp3) is 0.263. The predicted octanol–water partition coefficient (Wildman–Crippen LogP) is 3.51. The van der Waals surface area contributed by atoms with Gasteiger partial charge in [-0.1, -0.05) is 13.8 Å². The zero-order valence-electron chi connectivity index (χ0n) is 15.0. The Balaban J connectivity index is 1.73. The van der Waals surface area contributed by atoms with E-state index < -0.39 is 18.0 Å². The first kappa shape index (κ1) is 18.4. The van der Waals surface area contributed by atoms with Crippen molar-refractivity contribution < 1.29 is 19.1 Å². The number of oxazole rings is 1. The number of carboxylic acids is 1. The summed E-state index contributed by atoms with van der Waals surface area (Å²) in [7, 11) is 0. The molecule has 2 aromatic heterocycles. The molecule has 3 rings (SSSR count). The molecule has 0 radical (unpaired) electrons. The van der Waals surface area contributed by atoms with Crippen molar-refractivity contribution in [2.45, 2.75) is 26.3 Å². The summed E-state index contributed by atoms with van der Waals surface area (Å²) in [5.41, 5.74) is 2.38. The van der Waals surface area contributed by atoms with Crippen LogP contribution in [-0.2, 0) is 4.79 Å². The molecule has 1 aromatic carbocycles. The van der Waals surface area contributed by atoms with Crippen LogP contribution in [0.4, 0.5) is 10.5 Å². The number of carbonyl (C=O) groups is 2. The molecule has 27 heavy (non-hydrogen) atoms. The molecule has 0 aliphatic carbocycles. The van der Waals surface area contributed by atoms with Crippen molar-refractivity contribution in [1.29, 1.82) is 0 Å². The molecule has 1 atom stereocenters. The van der Waals surface area contributed by atoms with Gasteiger partial charge in [-0.05, 0) is 42.7 Å². The lowest BCUT2D eigenvalue weighted by Gasteiger charge is -2.16. The number of amides is 2. The Hall–Kier alpha value is -3.42. The average Bonchev–Trinajstić information content (AvgIpc) is 3.04. The third-order valence-electron chi connectivity index (χ3n) is 3.86. The molecule has 2 amide bonds. The molecule has 0 saturated carbocycles. The van der Waals surface area contributed by atoms with E-state index in [0.29, 0.717) is 29.1 Å². The van der Waals surface area contributed by atoms with E-state index in [2.05, 4.69) is 20.6 Å². The Kier molecular flexibility index (Phi) is 5.35. The molecule has 8 heteroatoms. The molecule has 0 fully saturated rings. The first-order chi connectivity index (χ1) is 12.9. The van der Waals surface area contributed by atoms with Crippen LogP contribution in [0, 0.1) is 5.92 Å². The Morgan fingerprint density at radius 3 is 2.74 bits per heavy atom. The summed E-state index contributed by atoms with van der Waals surface area (Å²) in [5, 5.41) is 14.3. The smallest absolute Gasteiger partial charge is 0.326 e. The number of anilines is 1. The maximum atomic E-state index is 12.1. The van der Waals surface area contributed by atoms with Crippen molar-refractivity contribution in [2.24, 2.45) is 5.92 Å². The summed E-state index contributed by atoms with van der Waals surface area (Å²) in [5.74, 6) is -0.488. The molecule has 0 spiro atoms. The van der Waals surface area contributed by atoms with E-state index in [1.54, 1.807) is 36.7 Å². The molecule has 0 saturated heterocycles. The second-order valence-electron chi connectivity index (χ2n) is 6.56. The van der Waals surface area contributed by atoms with Gasteiger partial charge in [-0.15, -0.1) is 0 Å². The summed E-state index contributed by atoms with van der Waals surface area (Å²) < 4.78 is 5.70. The van der Waals surface area contributed by atoms with Gasteiger partial charge in [-0.3, -0.25) is 4.98 Å². The molecule has 1 unspecified atom stereocenters. The molecular weight excluding hydrogens is 348 g/mol. The minimum absolute atomic E-state index is 0.142. The molecule has 3 aromatic rings. The SMILES string of the molecule is CC(C)CC(NC(=O)Nc1ccc2oc(-c3cccnc3)nc2c1)C(=O)O. The van der Waals surface area contributed by atoms with Crippen LogP contribution in [0.3, 0.4) is 0 Å². The minimum atomic E-state index is -1.06. The Morgan fingerprint density at radius 1 is 1.26 bits per heavy atom. The monoisotopic (exact) mass is 368 g/mol. The lowest BCUT2D eigenvalue weighted by molar-refractivity contribution is -0.139. The average molecular weight is 368 g/mol. The van der Waals surface area contributed by atoms with Gasteiger partial charge in [0.15, 0.2) is 5.58 Å². The summed E-state index contributed by atoms with van der Waals surface area (Å²) in [6, 6.07) is 7.12. The number of carbonyl (C=O) groups excluding carboxylic acids is 1. The largest absolute Gasteiger partial charge is 0.480 e. The van der Waals surface area contributed by atoms with Crippen LogP contribution in [0.1, 0.15) is 20.3 Å². The van der Waals surface area contributed by atoms with Gasteiger partial charge in [-0.25, -0.2) is 14.6 Å². The molecule has 0 aliphatic rings. The third kappa shape index (κ3) is 4.60. The van der Waals surface area contributed by atoms with Crippen LogP contribution in [0.2, 0.25) is 0 Å². The van der Waals surface area contributed by atoms with Crippen LogP contribution in [0.25, 0.3) is 22.6 Å². The van der Waals surface area contributed by atoms with Crippen LogP contribution >= 0.6 is 0 Å². The molecule has 8 nitrogen and oxygen atoms in total. The highest BCUT2D eigenvalue weighted by Crippen LogP contribution is 2.25. The maximum absolute atomic E-state index is 12.1. The highest BCUT2D eigenvalue weighted by atomic mass is 16.4. The van der Waals surface area contributed by atoms with Gasteiger partial charge < -0.3 is 20.2 Å². The number of pyridine rings is 1. The number of hydrogen-bond donors (Lipinski definition) is 3. The highest BCUT2D eigenvalue weighted by molar-refractivity contribution is 5.94. The molecule has 3 N–H and O–H groups in total. The molecule has 2 heterocycles. The van der Waals surface area contributed by atoms with Crippen molar-refractivity contribution in [1.82, 2.24) is 15.3 Å². The van der Waals surface area contributed by atoms with Gasteiger partial charge >= 0.3 is 12.0 Å². The number of fused-ring (bicyclic) bond motifs is 1. The topological polar surface area (TPSA) is 117 Å². The first-order valence-electron chi connectivity index (χ1n) is 8.53. The Morgan fingerprint density at radius 2 is 2.07 bits per heavy atom. The summed E-state index contributed by atoms with van der Waals surface area (Å²) in [6.07, 6.45) is 3.66. The van der Waals surface area contributed by atoms with E-state index in [9.17, 15) is 14.7 Å². The molecule has 0 bridgehead atoms. The van der Waals surface area contributed by atoms with E-state index in [4.69, 9.17) is 4.42 Å². The number of nitrogens with one attached hydrogen (secondary N) is 2. The van der Waals surface area contributed by atoms with E-state index in [1.807, 2.05) is 19.9 Å². The zero-order valence-corrected chi connectivity index (χ0v) is 15.0. The zero-order chi connectivity index (χ0) is 19.4. The second kappa shape index (κ2) is 7.86. The minimum Gasteiger partial charge on any atom is -0.480 e.